The van der Waals surface area contributed by atoms with Crippen molar-refractivity contribution >= 4 is 17.7 Å². The molecule has 0 saturated carbocycles. The maximum Gasteiger partial charge on any atom is 0.271 e. The minimum absolute atomic E-state index is 0.212. The minimum atomic E-state index is -0.314. The highest BCUT2D eigenvalue weighted by molar-refractivity contribution is 7.98. The van der Waals surface area contributed by atoms with Crippen LogP contribution in [0, 0.1) is 5.82 Å². The van der Waals surface area contributed by atoms with Crippen LogP contribution in [0.2, 0.25) is 0 Å². The van der Waals surface area contributed by atoms with Crippen molar-refractivity contribution in [1.82, 2.24) is 15.1 Å². The van der Waals surface area contributed by atoms with E-state index in [1.807, 2.05) is 6.92 Å². The molecule has 0 bridgehead atoms. The Balaban J connectivity index is 1.78. The molecule has 5 nitrogen and oxygen atoms in total. The summed E-state index contributed by atoms with van der Waals surface area (Å²) in [5, 5.41) is 6.81. The Kier molecular flexibility index (Phi) is 6.99. The fourth-order valence-corrected chi connectivity index (χ4v) is 2.91. The van der Waals surface area contributed by atoms with Gasteiger partial charge in [-0.2, -0.15) is 16.9 Å². The van der Waals surface area contributed by atoms with E-state index >= 15 is 0 Å². The largest absolute Gasteiger partial charge is 0.350 e. The third-order valence-electron chi connectivity index (χ3n) is 3.28. The van der Waals surface area contributed by atoms with Crippen LogP contribution in [0.1, 0.15) is 29.4 Å². The van der Waals surface area contributed by atoms with Crippen molar-refractivity contribution in [3.05, 3.63) is 63.8 Å². The molecule has 0 unspecified atom stereocenters. The van der Waals surface area contributed by atoms with Gasteiger partial charge < -0.3 is 5.32 Å². The van der Waals surface area contributed by atoms with E-state index in [-0.39, 0.29) is 23.0 Å². The van der Waals surface area contributed by atoms with Gasteiger partial charge in [-0.25, -0.2) is 9.07 Å². The number of carbonyl (C=O) groups is 1. The topological polar surface area (TPSA) is 64.0 Å². The molecule has 0 aliphatic carbocycles. The van der Waals surface area contributed by atoms with Crippen LogP contribution in [-0.4, -0.2) is 28.0 Å². The lowest BCUT2D eigenvalue weighted by Gasteiger charge is -2.07. The van der Waals surface area contributed by atoms with Gasteiger partial charge in [-0.05, 0) is 24.1 Å². The summed E-state index contributed by atoms with van der Waals surface area (Å²) in [7, 11) is 0. The van der Waals surface area contributed by atoms with Gasteiger partial charge in [0.1, 0.15) is 11.5 Å². The molecule has 2 aromatic rings. The summed E-state index contributed by atoms with van der Waals surface area (Å²) in [6.07, 6.45) is 0.769. The van der Waals surface area contributed by atoms with Gasteiger partial charge >= 0.3 is 0 Å². The lowest BCUT2D eigenvalue weighted by atomic mass is 10.2. The number of aryl methyl sites for hydroxylation is 1. The van der Waals surface area contributed by atoms with Crippen molar-refractivity contribution in [2.75, 3.05) is 12.3 Å². The molecule has 128 valence electrons. The number of benzene rings is 1. The highest BCUT2D eigenvalue weighted by atomic mass is 32.2. The summed E-state index contributed by atoms with van der Waals surface area (Å²) in [6.45, 7) is 2.87. The van der Waals surface area contributed by atoms with Crippen LogP contribution < -0.4 is 10.9 Å². The van der Waals surface area contributed by atoms with E-state index in [9.17, 15) is 14.0 Å². The summed E-state index contributed by atoms with van der Waals surface area (Å²) in [5.74, 6) is 0.694. The zero-order valence-electron chi connectivity index (χ0n) is 13.5. The zero-order chi connectivity index (χ0) is 17.4. The first kappa shape index (κ1) is 18.2. The summed E-state index contributed by atoms with van der Waals surface area (Å²) in [5.41, 5.74) is 0.665. The van der Waals surface area contributed by atoms with Gasteiger partial charge in [0.2, 0.25) is 0 Å². The molecule has 1 heterocycles. The highest BCUT2D eigenvalue weighted by Crippen LogP contribution is 2.14. The second-order valence-electron chi connectivity index (χ2n) is 5.18. The van der Waals surface area contributed by atoms with E-state index in [4.69, 9.17) is 0 Å². The molecule has 2 rings (SSSR count). The first-order valence-electron chi connectivity index (χ1n) is 7.79. The minimum Gasteiger partial charge on any atom is -0.350 e. The molecule has 1 aromatic heterocycles. The third-order valence-corrected chi connectivity index (χ3v) is 4.29. The van der Waals surface area contributed by atoms with Gasteiger partial charge in [0.05, 0.1) is 0 Å². The van der Waals surface area contributed by atoms with Crippen molar-refractivity contribution in [3.8, 4) is 0 Å². The predicted octanol–water partition coefficient (Wildman–Crippen LogP) is 2.46. The maximum absolute atomic E-state index is 13.5. The Morgan fingerprint density at radius 2 is 2.08 bits per heavy atom. The van der Waals surface area contributed by atoms with Gasteiger partial charge in [-0.1, -0.05) is 25.1 Å². The number of hydrogen-bond acceptors (Lipinski definition) is 4. The third kappa shape index (κ3) is 5.19. The fraction of sp³-hybridized carbons (Fsp3) is 0.353. The first-order chi connectivity index (χ1) is 11.6. The number of carbonyl (C=O) groups excluding carboxylic acids is 1. The van der Waals surface area contributed by atoms with Gasteiger partial charge in [0.15, 0.2) is 0 Å². The van der Waals surface area contributed by atoms with Crippen LogP contribution in [0.15, 0.2) is 41.2 Å². The summed E-state index contributed by atoms with van der Waals surface area (Å²) in [6, 6.07) is 9.43. The number of thioether (sulfide) groups is 1. The van der Waals surface area contributed by atoms with E-state index in [2.05, 4.69) is 10.4 Å². The van der Waals surface area contributed by atoms with E-state index in [0.29, 0.717) is 30.2 Å². The van der Waals surface area contributed by atoms with E-state index in [0.717, 1.165) is 6.42 Å². The molecular weight excluding hydrogens is 329 g/mol. The number of nitrogens with one attached hydrogen (secondary N) is 1. The van der Waals surface area contributed by atoms with Crippen LogP contribution in [0.5, 0.6) is 0 Å². The smallest absolute Gasteiger partial charge is 0.271 e. The summed E-state index contributed by atoms with van der Waals surface area (Å²) >= 11 is 1.54. The zero-order valence-corrected chi connectivity index (χ0v) is 14.3. The molecule has 0 aliphatic rings. The Bertz CT molecular complexity index is 749. The Morgan fingerprint density at radius 3 is 2.83 bits per heavy atom. The average molecular weight is 349 g/mol. The van der Waals surface area contributed by atoms with Crippen molar-refractivity contribution in [2.45, 2.75) is 25.6 Å². The van der Waals surface area contributed by atoms with Crippen LogP contribution in [0.25, 0.3) is 0 Å². The lowest BCUT2D eigenvalue weighted by molar-refractivity contribution is 0.0948. The molecule has 1 aromatic carbocycles. The van der Waals surface area contributed by atoms with E-state index in [1.165, 1.54) is 22.9 Å². The first-order valence-corrected chi connectivity index (χ1v) is 8.94. The second-order valence-corrected chi connectivity index (χ2v) is 6.29. The number of aromatic nitrogens is 2. The molecule has 0 saturated heterocycles. The maximum atomic E-state index is 13.5. The number of hydrogen-bond donors (Lipinski definition) is 1. The summed E-state index contributed by atoms with van der Waals surface area (Å²) in [4.78, 5) is 23.6. The van der Waals surface area contributed by atoms with Crippen molar-refractivity contribution in [2.24, 2.45) is 0 Å². The van der Waals surface area contributed by atoms with Crippen LogP contribution in [0.3, 0.4) is 0 Å². The normalized spacial score (nSPS) is 10.6. The van der Waals surface area contributed by atoms with E-state index in [1.54, 1.807) is 30.0 Å². The second kappa shape index (κ2) is 9.22. The summed E-state index contributed by atoms with van der Waals surface area (Å²) < 4.78 is 14.8. The lowest BCUT2D eigenvalue weighted by Crippen LogP contribution is -2.30. The fourth-order valence-electron chi connectivity index (χ4n) is 2.07. The highest BCUT2D eigenvalue weighted by Gasteiger charge is 2.09. The predicted molar refractivity (Wildman–Crippen MR) is 93.7 cm³/mol. The molecular formula is C17H20FN3O2S. The average Bonchev–Trinajstić information content (AvgIpc) is 2.58. The standard InChI is InChI=1S/C17H20FN3O2S/c1-2-10-21-16(22)8-7-15(20-21)17(23)19-9-11-24-12-13-5-3-4-6-14(13)18/h3-8H,2,9-12H2,1H3,(H,19,23). The molecule has 1 amide bonds. The number of amides is 1. The van der Waals surface area contributed by atoms with Gasteiger partial charge in [0.25, 0.3) is 11.5 Å². The number of nitrogens with zero attached hydrogens (tertiary/aromatic N) is 2. The van der Waals surface area contributed by atoms with Gasteiger partial charge in [-0.3, -0.25) is 9.59 Å². The molecule has 1 N–H and O–H groups in total. The molecule has 7 heteroatoms. The molecule has 24 heavy (non-hydrogen) atoms. The molecule has 0 radical (unpaired) electrons. The molecule has 0 atom stereocenters. The number of rotatable bonds is 8. The Morgan fingerprint density at radius 1 is 1.29 bits per heavy atom. The molecule has 0 spiro atoms. The van der Waals surface area contributed by atoms with Crippen LogP contribution in [-0.2, 0) is 12.3 Å². The van der Waals surface area contributed by atoms with Gasteiger partial charge in [-0.15, -0.1) is 0 Å². The van der Waals surface area contributed by atoms with Crippen molar-refractivity contribution in [3.63, 3.8) is 0 Å². The number of halogens is 1. The van der Waals surface area contributed by atoms with Crippen molar-refractivity contribution in [1.29, 1.82) is 0 Å². The van der Waals surface area contributed by atoms with Crippen LogP contribution >= 0.6 is 11.8 Å². The van der Waals surface area contributed by atoms with Crippen LogP contribution in [0.4, 0.5) is 4.39 Å². The Labute approximate surface area is 144 Å². The quantitative estimate of drug-likeness (QED) is 0.744. The van der Waals surface area contributed by atoms with E-state index < -0.39 is 0 Å². The Hall–Kier alpha value is -2.15. The monoisotopic (exact) mass is 349 g/mol. The molecule has 0 fully saturated rings. The van der Waals surface area contributed by atoms with Crippen molar-refractivity contribution < 1.29 is 9.18 Å². The SMILES string of the molecule is CCCn1nc(C(=O)NCCSCc2ccccc2F)ccc1=O. The molecule has 0 aliphatic heterocycles. The van der Waals surface area contributed by atoms with Gasteiger partial charge in [0, 0.05) is 30.7 Å².